The van der Waals surface area contributed by atoms with E-state index in [1.165, 1.54) is 103 Å². The molecule has 354 valence electrons. The lowest BCUT2D eigenvalue weighted by Crippen LogP contribution is -2.30. The fourth-order valence-electron chi connectivity index (χ4n) is 6.88. The minimum Gasteiger partial charge on any atom is -0.462 e. The fraction of sp³-hybridized carbons (Fsp3) is 0.696. The van der Waals surface area contributed by atoms with Gasteiger partial charge in [0.05, 0.1) is 0 Å². The normalized spacial score (nSPS) is 12.8. The van der Waals surface area contributed by atoms with E-state index in [4.69, 9.17) is 14.2 Å². The standard InChI is InChI=1S/C56H94O6/c1-4-7-10-13-16-19-21-23-25-27-28-29-31-32-34-37-40-43-46-49-55(58)61-52-53(51-60-54(57)48-45-42-39-36-18-15-12-9-6-3)62-56(59)50-47-44-41-38-35-33-30-26-24-22-20-17-14-11-8-5-2/h8-9,11-12,17-18,20,24,26,33,35-36,41,44,53H,4-7,10,13-16,19,21-23,25,27-32,34,37-40,42-43,45-52H2,1-3H3/b11-8-,12-9-,20-17-,26-24-,35-33-,36-18-,44-41-. The number of carbonyl (C=O) groups excluding carboxylic acids is 3. The van der Waals surface area contributed by atoms with E-state index in [1.54, 1.807) is 0 Å². The van der Waals surface area contributed by atoms with Gasteiger partial charge in [0.25, 0.3) is 0 Å². The van der Waals surface area contributed by atoms with E-state index in [-0.39, 0.29) is 31.6 Å². The van der Waals surface area contributed by atoms with Crippen molar-refractivity contribution in [2.24, 2.45) is 0 Å². The molecule has 62 heavy (non-hydrogen) atoms. The van der Waals surface area contributed by atoms with Crippen LogP contribution in [-0.4, -0.2) is 37.2 Å². The Kier molecular flexibility index (Phi) is 47.5. The molecule has 1 unspecified atom stereocenters. The zero-order valence-corrected chi connectivity index (χ0v) is 40.4. The van der Waals surface area contributed by atoms with E-state index < -0.39 is 12.1 Å². The molecule has 6 nitrogen and oxygen atoms in total. The number of carbonyl (C=O) groups is 3. The summed E-state index contributed by atoms with van der Waals surface area (Å²) in [6, 6.07) is 0. The van der Waals surface area contributed by atoms with E-state index in [0.717, 1.165) is 83.5 Å². The van der Waals surface area contributed by atoms with Gasteiger partial charge in [-0.2, -0.15) is 0 Å². The van der Waals surface area contributed by atoms with Gasteiger partial charge in [-0.3, -0.25) is 14.4 Å². The van der Waals surface area contributed by atoms with Gasteiger partial charge < -0.3 is 14.2 Å². The monoisotopic (exact) mass is 863 g/mol. The van der Waals surface area contributed by atoms with Gasteiger partial charge in [-0.25, -0.2) is 0 Å². The van der Waals surface area contributed by atoms with Gasteiger partial charge in [-0.05, 0) is 77.0 Å². The van der Waals surface area contributed by atoms with Crippen molar-refractivity contribution >= 4 is 17.9 Å². The highest BCUT2D eigenvalue weighted by atomic mass is 16.6. The highest BCUT2D eigenvalue weighted by molar-refractivity contribution is 5.71. The molecule has 0 radical (unpaired) electrons. The number of ether oxygens (including phenoxy) is 3. The van der Waals surface area contributed by atoms with Crippen molar-refractivity contribution in [3.05, 3.63) is 85.1 Å². The molecule has 0 aromatic heterocycles. The average molecular weight is 863 g/mol. The summed E-state index contributed by atoms with van der Waals surface area (Å²) in [5.41, 5.74) is 0. The molecule has 0 saturated carbocycles. The van der Waals surface area contributed by atoms with Gasteiger partial charge >= 0.3 is 17.9 Å². The third-order valence-corrected chi connectivity index (χ3v) is 10.7. The van der Waals surface area contributed by atoms with Gasteiger partial charge in [0.1, 0.15) is 13.2 Å². The first-order chi connectivity index (χ1) is 30.5. The second-order valence-corrected chi connectivity index (χ2v) is 16.7. The minimum absolute atomic E-state index is 0.115. The largest absolute Gasteiger partial charge is 0.462 e. The van der Waals surface area contributed by atoms with Crippen LogP contribution in [0.3, 0.4) is 0 Å². The van der Waals surface area contributed by atoms with Crippen LogP contribution in [0.5, 0.6) is 0 Å². The summed E-state index contributed by atoms with van der Waals surface area (Å²) in [6.07, 6.45) is 64.6. The van der Waals surface area contributed by atoms with Crippen molar-refractivity contribution in [1.82, 2.24) is 0 Å². The van der Waals surface area contributed by atoms with Crippen LogP contribution in [0.15, 0.2) is 85.1 Å². The molecule has 0 N–H and O–H groups in total. The molecule has 0 fully saturated rings. The Morgan fingerprint density at radius 2 is 0.661 bits per heavy atom. The molecule has 1 atom stereocenters. The number of hydrogen-bond donors (Lipinski definition) is 0. The lowest BCUT2D eigenvalue weighted by molar-refractivity contribution is -0.166. The van der Waals surface area contributed by atoms with Crippen LogP contribution < -0.4 is 0 Å². The number of esters is 3. The molecule has 0 aromatic carbocycles. The topological polar surface area (TPSA) is 78.9 Å². The predicted octanol–water partition coefficient (Wildman–Crippen LogP) is 16.8. The summed E-state index contributed by atoms with van der Waals surface area (Å²) in [7, 11) is 0. The first kappa shape index (κ1) is 58.6. The average Bonchev–Trinajstić information content (AvgIpc) is 3.27. The summed E-state index contributed by atoms with van der Waals surface area (Å²) in [5, 5.41) is 0. The molecule has 0 bridgehead atoms. The van der Waals surface area contributed by atoms with E-state index in [0.29, 0.717) is 19.3 Å². The van der Waals surface area contributed by atoms with Crippen molar-refractivity contribution in [2.75, 3.05) is 13.2 Å². The molecule has 0 aromatic rings. The Hall–Kier alpha value is -3.41. The molecular formula is C56H94O6. The van der Waals surface area contributed by atoms with Crippen LogP contribution in [0.2, 0.25) is 0 Å². The summed E-state index contributed by atoms with van der Waals surface area (Å²) in [5.74, 6) is -1.04. The van der Waals surface area contributed by atoms with E-state index in [9.17, 15) is 14.4 Å². The van der Waals surface area contributed by atoms with Crippen molar-refractivity contribution < 1.29 is 28.6 Å². The van der Waals surface area contributed by atoms with Gasteiger partial charge in [-0.1, -0.05) is 221 Å². The Labute approximate surface area is 382 Å². The molecule has 0 spiro atoms. The van der Waals surface area contributed by atoms with Crippen LogP contribution >= 0.6 is 0 Å². The third kappa shape index (κ3) is 47.6. The molecule has 0 aliphatic heterocycles. The van der Waals surface area contributed by atoms with Crippen molar-refractivity contribution in [3.63, 3.8) is 0 Å². The number of rotatable bonds is 45. The van der Waals surface area contributed by atoms with Gasteiger partial charge in [0.15, 0.2) is 6.10 Å². The Balaban J connectivity index is 4.40. The van der Waals surface area contributed by atoms with Crippen LogP contribution in [0.4, 0.5) is 0 Å². The minimum atomic E-state index is -0.826. The number of unbranched alkanes of at least 4 members (excludes halogenated alkanes) is 20. The summed E-state index contributed by atoms with van der Waals surface area (Å²) < 4.78 is 16.6. The van der Waals surface area contributed by atoms with Gasteiger partial charge in [0, 0.05) is 19.3 Å². The van der Waals surface area contributed by atoms with Crippen LogP contribution in [0.25, 0.3) is 0 Å². The van der Waals surface area contributed by atoms with E-state index in [2.05, 4.69) is 93.7 Å². The number of allylic oxidation sites excluding steroid dienone is 14. The quantitative estimate of drug-likeness (QED) is 0.0263. The maximum atomic E-state index is 12.7. The maximum Gasteiger partial charge on any atom is 0.306 e. The Morgan fingerprint density at radius 1 is 0.339 bits per heavy atom. The molecule has 0 aliphatic carbocycles. The van der Waals surface area contributed by atoms with E-state index >= 15 is 0 Å². The van der Waals surface area contributed by atoms with E-state index in [1.807, 2.05) is 12.2 Å². The zero-order valence-electron chi connectivity index (χ0n) is 40.4. The van der Waals surface area contributed by atoms with Crippen LogP contribution in [-0.2, 0) is 28.6 Å². The molecule has 0 rings (SSSR count). The lowest BCUT2D eigenvalue weighted by Gasteiger charge is -2.18. The smallest absolute Gasteiger partial charge is 0.306 e. The predicted molar refractivity (Wildman–Crippen MR) is 265 cm³/mol. The maximum absolute atomic E-state index is 12.7. The molecule has 0 saturated heterocycles. The SMILES string of the molecule is CC/C=C\C/C=C\C/C=C\C/C=C\C/C=C\CCC(=O)OC(COC(=O)CCCC/C=C\C/C=C\CC)COC(=O)CCCCCCCCCCCCCCCCCCCCC. The zero-order chi connectivity index (χ0) is 45.1. The van der Waals surface area contributed by atoms with Crippen LogP contribution in [0.1, 0.15) is 233 Å². The highest BCUT2D eigenvalue weighted by Gasteiger charge is 2.19. The second-order valence-electron chi connectivity index (χ2n) is 16.7. The first-order valence-corrected chi connectivity index (χ1v) is 25.6. The van der Waals surface area contributed by atoms with Gasteiger partial charge in [-0.15, -0.1) is 0 Å². The van der Waals surface area contributed by atoms with Crippen LogP contribution in [0, 0.1) is 0 Å². The summed E-state index contributed by atoms with van der Waals surface area (Å²) in [4.78, 5) is 37.8. The fourth-order valence-corrected chi connectivity index (χ4v) is 6.88. The number of hydrogen-bond acceptors (Lipinski definition) is 6. The summed E-state index contributed by atoms with van der Waals surface area (Å²) >= 11 is 0. The van der Waals surface area contributed by atoms with Gasteiger partial charge in [0.2, 0.25) is 0 Å². The molecule has 0 heterocycles. The van der Waals surface area contributed by atoms with Crippen molar-refractivity contribution in [3.8, 4) is 0 Å². The molecular weight excluding hydrogens is 769 g/mol. The molecule has 0 amide bonds. The second kappa shape index (κ2) is 50.2. The van der Waals surface area contributed by atoms with Crippen molar-refractivity contribution in [2.45, 2.75) is 239 Å². The van der Waals surface area contributed by atoms with Crippen molar-refractivity contribution in [1.29, 1.82) is 0 Å². The lowest BCUT2D eigenvalue weighted by atomic mass is 10.0. The Morgan fingerprint density at radius 3 is 1.05 bits per heavy atom. The first-order valence-electron chi connectivity index (χ1n) is 25.6. The highest BCUT2D eigenvalue weighted by Crippen LogP contribution is 2.15. The molecule has 0 aliphatic rings. The Bertz CT molecular complexity index is 1220. The third-order valence-electron chi connectivity index (χ3n) is 10.7. The molecule has 6 heteroatoms. The summed E-state index contributed by atoms with van der Waals surface area (Å²) in [6.45, 7) is 6.31.